The summed E-state index contributed by atoms with van der Waals surface area (Å²) in [5.41, 5.74) is 1.10. The standard InChI is InChI=1S/C11H11ClO2/c1-14-10(13)11(12)7-9(11)8-5-3-2-4-6-8/h2-6,9H,7H2,1H3/t9-,11?/m1/s1. The van der Waals surface area contributed by atoms with Gasteiger partial charge >= 0.3 is 5.97 Å². The summed E-state index contributed by atoms with van der Waals surface area (Å²) in [6.07, 6.45) is 0.672. The summed E-state index contributed by atoms with van der Waals surface area (Å²) >= 11 is 6.12. The maximum Gasteiger partial charge on any atom is 0.327 e. The summed E-state index contributed by atoms with van der Waals surface area (Å²) in [4.78, 5) is 10.5. The van der Waals surface area contributed by atoms with Crippen molar-refractivity contribution in [3.63, 3.8) is 0 Å². The number of rotatable bonds is 2. The largest absolute Gasteiger partial charge is 0.468 e. The molecule has 2 rings (SSSR count). The average molecular weight is 211 g/mol. The van der Waals surface area contributed by atoms with E-state index in [0.29, 0.717) is 6.42 Å². The quantitative estimate of drug-likeness (QED) is 0.553. The summed E-state index contributed by atoms with van der Waals surface area (Å²) in [6.45, 7) is 0. The zero-order valence-corrected chi connectivity index (χ0v) is 8.62. The first-order valence-corrected chi connectivity index (χ1v) is 4.88. The van der Waals surface area contributed by atoms with Crippen LogP contribution in [0.3, 0.4) is 0 Å². The third-order valence-corrected chi connectivity index (χ3v) is 3.19. The Bertz CT molecular complexity index is 350. The van der Waals surface area contributed by atoms with Crippen molar-refractivity contribution in [1.29, 1.82) is 0 Å². The molecular weight excluding hydrogens is 200 g/mol. The molecule has 1 unspecified atom stereocenters. The van der Waals surface area contributed by atoms with E-state index in [9.17, 15) is 4.79 Å². The van der Waals surface area contributed by atoms with Crippen molar-refractivity contribution in [1.82, 2.24) is 0 Å². The van der Waals surface area contributed by atoms with Gasteiger partial charge in [0.1, 0.15) is 4.87 Å². The van der Waals surface area contributed by atoms with Crippen LogP contribution in [-0.2, 0) is 9.53 Å². The molecule has 1 aliphatic rings. The highest BCUT2D eigenvalue weighted by Crippen LogP contribution is 2.57. The number of hydrogen-bond donors (Lipinski definition) is 0. The van der Waals surface area contributed by atoms with Gasteiger partial charge in [-0.3, -0.25) is 4.79 Å². The number of hydrogen-bond acceptors (Lipinski definition) is 2. The predicted octanol–water partition coefficient (Wildman–Crippen LogP) is 2.32. The maximum atomic E-state index is 11.3. The smallest absolute Gasteiger partial charge is 0.327 e. The van der Waals surface area contributed by atoms with Crippen LogP contribution >= 0.6 is 11.6 Å². The van der Waals surface area contributed by atoms with E-state index < -0.39 is 4.87 Å². The number of alkyl halides is 1. The Morgan fingerprint density at radius 1 is 1.50 bits per heavy atom. The van der Waals surface area contributed by atoms with E-state index >= 15 is 0 Å². The maximum absolute atomic E-state index is 11.3. The molecule has 0 aromatic heterocycles. The lowest BCUT2D eigenvalue weighted by atomic mass is 10.1. The second kappa shape index (κ2) is 3.28. The average Bonchev–Trinajstić information content (AvgIpc) is 2.92. The Morgan fingerprint density at radius 2 is 2.14 bits per heavy atom. The molecule has 2 nitrogen and oxygen atoms in total. The first kappa shape index (κ1) is 9.53. The Morgan fingerprint density at radius 3 is 2.71 bits per heavy atom. The van der Waals surface area contributed by atoms with Crippen LogP contribution in [0.4, 0.5) is 0 Å². The fraction of sp³-hybridized carbons (Fsp3) is 0.364. The van der Waals surface area contributed by atoms with Gasteiger partial charge < -0.3 is 4.74 Å². The third kappa shape index (κ3) is 1.40. The number of ether oxygens (including phenoxy) is 1. The first-order valence-electron chi connectivity index (χ1n) is 4.51. The molecular formula is C11H11ClO2. The molecule has 0 N–H and O–H groups in total. The molecule has 0 amide bonds. The minimum absolute atomic E-state index is 0.109. The molecule has 0 radical (unpaired) electrons. The second-order valence-corrected chi connectivity index (χ2v) is 4.20. The molecule has 14 heavy (non-hydrogen) atoms. The molecule has 0 bridgehead atoms. The summed E-state index contributed by atoms with van der Waals surface area (Å²) in [7, 11) is 1.37. The van der Waals surface area contributed by atoms with Crippen LogP contribution in [-0.4, -0.2) is 18.0 Å². The van der Waals surface area contributed by atoms with E-state index in [1.54, 1.807) is 0 Å². The van der Waals surface area contributed by atoms with E-state index in [-0.39, 0.29) is 11.9 Å². The summed E-state index contributed by atoms with van der Waals surface area (Å²) in [5, 5.41) is 0. The van der Waals surface area contributed by atoms with E-state index in [4.69, 9.17) is 11.6 Å². The lowest BCUT2D eigenvalue weighted by molar-refractivity contribution is -0.141. The molecule has 0 saturated heterocycles. The molecule has 1 aliphatic carbocycles. The molecule has 1 saturated carbocycles. The number of esters is 1. The van der Waals surface area contributed by atoms with Crippen LogP contribution in [0.5, 0.6) is 0 Å². The van der Waals surface area contributed by atoms with Gasteiger partial charge in [0.05, 0.1) is 7.11 Å². The van der Waals surface area contributed by atoms with Crippen molar-refractivity contribution < 1.29 is 9.53 Å². The van der Waals surface area contributed by atoms with Gasteiger partial charge in [-0.2, -0.15) is 0 Å². The zero-order valence-electron chi connectivity index (χ0n) is 7.87. The summed E-state index contributed by atoms with van der Waals surface area (Å²) < 4.78 is 4.66. The van der Waals surface area contributed by atoms with Crippen LogP contribution in [0.15, 0.2) is 30.3 Å². The number of carbonyl (C=O) groups is 1. The molecule has 74 valence electrons. The van der Waals surface area contributed by atoms with Crippen LogP contribution in [0.1, 0.15) is 17.9 Å². The highest BCUT2D eigenvalue weighted by molar-refractivity contribution is 6.37. The van der Waals surface area contributed by atoms with Gasteiger partial charge in [0, 0.05) is 5.92 Å². The molecule has 1 aromatic carbocycles. The minimum atomic E-state index is -0.809. The van der Waals surface area contributed by atoms with E-state index in [1.807, 2.05) is 30.3 Å². The van der Waals surface area contributed by atoms with Crippen molar-refractivity contribution in [3.05, 3.63) is 35.9 Å². The summed E-state index contributed by atoms with van der Waals surface area (Å²) in [5.74, 6) is -0.217. The van der Waals surface area contributed by atoms with Gasteiger partial charge in [-0.05, 0) is 12.0 Å². The Balaban J connectivity index is 2.16. The fourth-order valence-corrected chi connectivity index (χ4v) is 2.06. The van der Waals surface area contributed by atoms with Crippen molar-refractivity contribution in [2.24, 2.45) is 0 Å². The van der Waals surface area contributed by atoms with Crippen LogP contribution in [0.25, 0.3) is 0 Å². The number of halogens is 1. The molecule has 0 heterocycles. The number of methoxy groups -OCH3 is 1. The Labute approximate surface area is 87.8 Å². The van der Waals surface area contributed by atoms with Gasteiger partial charge in [-0.25, -0.2) is 0 Å². The monoisotopic (exact) mass is 210 g/mol. The van der Waals surface area contributed by atoms with Gasteiger partial charge in [-0.1, -0.05) is 30.3 Å². The summed E-state index contributed by atoms with van der Waals surface area (Å²) in [6, 6.07) is 9.81. The van der Waals surface area contributed by atoms with Crippen molar-refractivity contribution in [3.8, 4) is 0 Å². The van der Waals surface area contributed by atoms with E-state index in [2.05, 4.69) is 4.74 Å². The molecule has 1 fully saturated rings. The lowest BCUT2D eigenvalue weighted by Crippen LogP contribution is -2.19. The topological polar surface area (TPSA) is 26.3 Å². The van der Waals surface area contributed by atoms with Crippen molar-refractivity contribution in [2.75, 3.05) is 7.11 Å². The third-order valence-electron chi connectivity index (χ3n) is 2.62. The SMILES string of the molecule is COC(=O)C1(Cl)C[C@@H]1c1ccccc1. The number of benzene rings is 1. The second-order valence-electron chi connectivity index (χ2n) is 3.52. The first-order chi connectivity index (χ1) is 6.68. The minimum Gasteiger partial charge on any atom is -0.468 e. The normalized spacial score (nSPS) is 29.7. The van der Waals surface area contributed by atoms with Gasteiger partial charge in [0.25, 0.3) is 0 Å². The van der Waals surface area contributed by atoms with Crippen LogP contribution < -0.4 is 0 Å². The van der Waals surface area contributed by atoms with E-state index in [0.717, 1.165) is 5.56 Å². The molecule has 2 atom stereocenters. The van der Waals surface area contributed by atoms with Gasteiger partial charge in [0.2, 0.25) is 0 Å². The Kier molecular flexibility index (Phi) is 2.23. The number of carbonyl (C=O) groups excluding carboxylic acids is 1. The van der Waals surface area contributed by atoms with Crippen LogP contribution in [0.2, 0.25) is 0 Å². The molecule has 3 heteroatoms. The zero-order chi connectivity index (χ0) is 10.2. The fourth-order valence-electron chi connectivity index (χ4n) is 1.70. The predicted molar refractivity (Wildman–Crippen MR) is 54.4 cm³/mol. The van der Waals surface area contributed by atoms with Gasteiger partial charge in [-0.15, -0.1) is 11.6 Å². The highest BCUT2D eigenvalue weighted by Gasteiger charge is 2.60. The lowest BCUT2D eigenvalue weighted by Gasteiger charge is -2.05. The molecule has 1 aromatic rings. The van der Waals surface area contributed by atoms with Crippen molar-refractivity contribution >= 4 is 17.6 Å². The molecule has 0 spiro atoms. The van der Waals surface area contributed by atoms with Gasteiger partial charge in [0.15, 0.2) is 0 Å². The van der Waals surface area contributed by atoms with Crippen molar-refractivity contribution in [2.45, 2.75) is 17.2 Å². The molecule has 0 aliphatic heterocycles. The van der Waals surface area contributed by atoms with E-state index in [1.165, 1.54) is 7.11 Å². The Hall–Kier alpha value is -1.02. The van der Waals surface area contributed by atoms with Crippen LogP contribution in [0, 0.1) is 0 Å². The highest BCUT2D eigenvalue weighted by atomic mass is 35.5.